The van der Waals surface area contributed by atoms with Crippen molar-refractivity contribution in [2.24, 2.45) is 0 Å². The molecule has 0 radical (unpaired) electrons. The largest absolute Gasteiger partial charge is 0.277 e. The van der Waals surface area contributed by atoms with Crippen molar-refractivity contribution in [1.82, 2.24) is 19.5 Å². The topological polar surface area (TPSA) is 43.6 Å². The van der Waals surface area contributed by atoms with Crippen molar-refractivity contribution in [2.75, 3.05) is 0 Å². The Morgan fingerprint density at radius 3 is 2.00 bits per heavy atom. The molecule has 0 atom stereocenters. The fourth-order valence-corrected chi connectivity index (χ4v) is 7.80. The highest BCUT2D eigenvalue weighted by Gasteiger charge is 2.21. The van der Waals surface area contributed by atoms with Crippen LogP contribution in [0, 0.1) is 0 Å². The minimum Gasteiger partial charge on any atom is -0.277 e. The second-order valence-electron chi connectivity index (χ2n) is 11.8. The van der Waals surface area contributed by atoms with Gasteiger partial charge in [0.05, 0.1) is 23.4 Å². The van der Waals surface area contributed by atoms with Crippen LogP contribution in [-0.4, -0.2) is 19.5 Å². The van der Waals surface area contributed by atoms with Crippen LogP contribution in [0.5, 0.6) is 0 Å². The molecule has 10 aromatic rings. The molecule has 0 unspecified atom stereocenters. The van der Waals surface area contributed by atoms with Gasteiger partial charge in [0.1, 0.15) is 0 Å². The molecule has 0 aliphatic rings. The molecule has 0 saturated heterocycles. The summed E-state index contributed by atoms with van der Waals surface area (Å²) in [7, 11) is 0. The molecular formula is C45H28N4S. The third-order valence-electron chi connectivity index (χ3n) is 8.91. The van der Waals surface area contributed by atoms with Crippen LogP contribution in [0.15, 0.2) is 170 Å². The predicted octanol–water partition coefficient (Wildman–Crippen LogP) is 12.0. The van der Waals surface area contributed by atoms with Gasteiger partial charge in [-0.1, -0.05) is 151 Å². The Bertz CT molecular complexity index is 3350. The lowest BCUT2D eigenvalue weighted by Gasteiger charge is -2.13. The Labute approximate surface area is 305 Å². The molecule has 10 rings (SSSR count). The van der Waals surface area contributed by atoms with Gasteiger partial charge in [-0.15, -0.1) is 11.3 Å². The standard InChI is InChI=1S/C45H28N4S/c1-3-13-29(14-4-1)30-25-27-32(28-26-30)43-46-44(37-21-12-24-40-41(37)36-18-8-10-23-39(36)50-40)48-45(47-43)49-38-22-9-7-17-34(38)35-20-11-19-33(42(35)49)31-15-5-2-6-16-31/h1-28H/i2D,5D,6D,7D,9D,15D,16D,17D,22D. The van der Waals surface area contributed by atoms with Crippen molar-refractivity contribution in [3.8, 4) is 51.0 Å². The zero-order chi connectivity index (χ0) is 40.9. The zero-order valence-electron chi connectivity index (χ0n) is 35.2. The van der Waals surface area contributed by atoms with Gasteiger partial charge in [0.25, 0.3) is 0 Å². The number of hydrogen-bond acceptors (Lipinski definition) is 4. The Balaban J connectivity index is 1.35. The minimum atomic E-state index is -0.545. The molecule has 0 N–H and O–H groups in total. The fourth-order valence-electron chi connectivity index (χ4n) is 6.67. The van der Waals surface area contributed by atoms with Crippen molar-refractivity contribution in [2.45, 2.75) is 0 Å². The van der Waals surface area contributed by atoms with Crippen LogP contribution >= 0.6 is 11.3 Å². The van der Waals surface area contributed by atoms with Gasteiger partial charge < -0.3 is 0 Å². The summed E-state index contributed by atoms with van der Waals surface area (Å²) >= 11 is 1.65. The van der Waals surface area contributed by atoms with Gasteiger partial charge in [-0.2, -0.15) is 9.97 Å². The molecule has 0 saturated carbocycles. The van der Waals surface area contributed by atoms with E-state index in [2.05, 4.69) is 12.1 Å². The average Bonchev–Trinajstić information content (AvgIpc) is 3.83. The van der Waals surface area contributed by atoms with E-state index in [1.807, 2.05) is 84.9 Å². The van der Waals surface area contributed by atoms with E-state index in [1.54, 1.807) is 29.5 Å². The molecule has 3 aromatic heterocycles. The van der Waals surface area contributed by atoms with Crippen LogP contribution in [0.3, 0.4) is 0 Å². The van der Waals surface area contributed by atoms with Crippen LogP contribution in [0.25, 0.3) is 93.0 Å². The summed E-state index contributed by atoms with van der Waals surface area (Å²) in [6.07, 6.45) is 0. The van der Waals surface area contributed by atoms with E-state index in [0.717, 1.165) is 36.9 Å². The highest BCUT2D eigenvalue weighted by molar-refractivity contribution is 7.25. The van der Waals surface area contributed by atoms with Crippen LogP contribution in [0.4, 0.5) is 0 Å². The van der Waals surface area contributed by atoms with Crippen LogP contribution < -0.4 is 0 Å². The first-order chi connectivity index (χ1) is 28.5. The number of fused-ring (bicyclic) bond motifs is 6. The lowest BCUT2D eigenvalue weighted by molar-refractivity contribution is 0.955. The van der Waals surface area contributed by atoms with Crippen molar-refractivity contribution in [3.63, 3.8) is 0 Å². The van der Waals surface area contributed by atoms with Crippen molar-refractivity contribution < 1.29 is 12.3 Å². The number of benzene rings is 7. The summed E-state index contributed by atoms with van der Waals surface area (Å²) in [5, 5.41) is 2.49. The summed E-state index contributed by atoms with van der Waals surface area (Å²) in [4.78, 5) is 15.3. The van der Waals surface area contributed by atoms with E-state index in [0.29, 0.717) is 16.8 Å². The van der Waals surface area contributed by atoms with E-state index in [-0.39, 0.29) is 51.4 Å². The molecule has 0 aliphatic heterocycles. The molecule has 0 amide bonds. The number of hydrogen-bond donors (Lipinski definition) is 0. The normalized spacial score (nSPS) is 14.1. The number of thiophene rings is 1. The molecule has 234 valence electrons. The van der Waals surface area contributed by atoms with Crippen LogP contribution in [0.1, 0.15) is 12.3 Å². The Morgan fingerprint density at radius 2 is 1.12 bits per heavy atom. The predicted molar refractivity (Wildman–Crippen MR) is 209 cm³/mol. The zero-order valence-corrected chi connectivity index (χ0v) is 27.0. The molecule has 5 heteroatoms. The Hall–Kier alpha value is -6.43. The maximum absolute atomic E-state index is 9.28. The van der Waals surface area contributed by atoms with Gasteiger partial charge in [-0.3, -0.25) is 4.57 Å². The van der Waals surface area contributed by atoms with E-state index in [1.165, 1.54) is 4.57 Å². The molecule has 0 fully saturated rings. The van der Waals surface area contributed by atoms with E-state index in [9.17, 15) is 1.37 Å². The smallest absolute Gasteiger partial charge is 0.238 e. The van der Waals surface area contributed by atoms with Gasteiger partial charge in [-0.25, -0.2) is 4.98 Å². The first-order valence-electron chi connectivity index (χ1n) is 20.5. The number of para-hydroxylation sites is 2. The maximum Gasteiger partial charge on any atom is 0.238 e. The van der Waals surface area contributed by atoms with Crippen LogP contribution in [-0.2, 0) is 0 Å². The maximum atomic E-state index is 9.28. The van der Waals surface area contributed by atoms with Gasteiger partial charge in [0.2, 0.25) is 5.95 Å². The SMILES string of the molecule is [2H]c1c([2H])c([2H])c(-c2cccc3c4c([2H])c([2H])c([2H])c([2H])c4n(-c4nc(-c5ccc(-c6ccccc6)cc5)nc(-c5cccc6sc7ccccc7c56)n4)c23)c([2H])c1[2H]. The first-order valence-corrected chi connectivity index (χ1v) is 16.8. The van der Waals surface area contributed by atoms with Crippen molar-refractivity contribution in [3.05, 3.63) is 170 Å². The second-order valence-corrected chi connectivity index (χ2v) is 12.8. The third kappa shape index (κ3) is 4.63. The van der Waals surface area contributed by atoms with Gasteiger partial charge in [0.15, 0.2) is 11.6 Å². The van der Waals surface area contributed by atoms with Gasteiger partial charge >= 0.3 is 0 Å². The Kier molecular flexibility index (Phi) is 4.84. The summed E-state index contributed by atoms with van der Waals surface area (Å²) < 4.78 is 82.7. The molecule has 0 aliphatic carbocycles. The minimum absolute atomic E-state index is 0.0125. The lowest BCUT2D eigenvalue weighted by atomic mass is 10.0. The Morgan fingerprint density at radius 1 is 0.460 bits per heavy atom. The number of nitrogens with zero attached hydrogens (tertiary/aromatic N) is 4. The monoisotopic (exact) mass is 665 g/mol. The second kappa shape index (κ2) is 11.6. The summed E-state index contributed by atoms with van der Waals surface area (Å²) in [6, 6.07) is 32.7. The molecule has 0 bridgehead atoms. The molecule has 50 heavy (non-hydrogen) atoms. The van der Waals surface area contributed by atoms with E-state index < -0.39 is 42.3 Å². The average molecular weight is 666 g/mol. The third-order valence-corrected chi connectivity index (χ3v) is 10.0. The first kappa shape index (κ1) is 20.8. The highest BCUT2D eigenvalue weighted by atomic mass is 32.1. The molecule has 3 heterocycles. The molecule has 7 aromatic carbocycles. The van der Waals surface area contributed by atoms with Gasteiger partial charge in [0, 0.05) is 47.6 Å². The molecule has 4 nitrogen and oxygen atoms in total. The summed E-state index contributed by atoms with van der Waals surface area (Å²) in [5.74, 6) is 0.609. The van der Waals surface area contributed by atoms with Crippen molar-refractivity contribution >= 4 is 53.3 Å². The fraction of sp³-hybridized carbons (Fsp3) is 0. The quantitative estimate of drug-likeness (QED) is 0.184. The molecule has 0 spiro atoms. The summed E-state index contributed by atoms with van der Waals surface area (Å²) in [6.45, 7) is 0. The lowest BCUT2D eigenvalue weighted by Crippen LogP contribution is -2.07. The molecular weight excluding hydrogens is 629 g/mol. The summed E-state index contributed by atoms with van der Waals surface area (Å²) in [5.41, 5.74) is 3.81. The number of rotatable bonds is 5. The van der Waals surface area contributed by atoms with Gasteiger partial charge in [-0.05, 0) is 34.9 Å². The van der Waals surface area contributed by atoms with Crippen LogP contribution in [0.2, 0.25) is 0 Å². The number of aromatic nitrogens is 4. The van der Waals surface area contributed by atoms with E-state index in [4.69, 9.17) is 25.9 Å². The van der Waals surface area contributed by atoms with Crippen molar-refractivity contribution in [1.29, 1.82) is 0 Å². The van der Waals surface area contributed by atoms with E-state index >= 15 is 0 Å². The highest BCUT2D eigenvalue weighted by Crippen LogP contribution is 2.41.